The topological polar surface area (TPSA) is 105 Å². The highest BCUT2D eigenvalue weighted by atomic mass is 28.3. The molecule has 2 amide bonds. The van der Waals surface area contributed by atoms with E-state index in [0.717, 1.165) is 59.7 Å². The molecule has 0 saturated heterocycles. The van der Waals surface area contributed by atoms with E-state index in [1.54, 1.807) is 6.20 Å². The van der Waals surface area contributed by atoms with E-state index in [0.29, 0.717) is 13.3 Å². The number of anilines is 1. The molecule has 3 aromatic rings. The summed E-state index contributed by atoms with van der Waals surface area (Å²) in [5.74, 6) is 0.174. The van der Waals surface area contributed by atoms with Gasteiger partial charge in [0.25, 0.3) is 0 Å². The van der Waals surface area contributed by atoms with Crippen LogP contribution < -0.4 is 10.6 Å². The molecule has 9 heteroatoms. The number of fused-ring (bicyclic) bond motifs is 1. The number of amides is 2. The first-order chi connectivity index (χ1) is 18.1. The summed E-state index contributed by atoms with van der Waals surface area (Å²) in [6.45, 7) is 10.0. The molecule has 1 fully saturated rings. The zero-order chi connectivity index (χ0) is 27.3. The molecule has 2 heterocycles. The molecule has 0 radical (unpaired) electrons. The maximum absolute atomic E-state index is 13.3. The average molecular weight is 537 g/mol. The summed E-state index contributed by atoms with van der Waals surface area (Å²) in [4.78, 5) is 28.9. The largest absolute Gasteiger partial charge is 0.465 e. The van der Waals surface area contributed by atoms with E-state index in [2.05, 4.69) is 58.0 Å². The Morgan fingerprint density at radius 1 is 1.13 bits per heavy atom. The van der Waals surface area contributed by atoms with Crippen LogP contribution in [0.25, 0.3) is 22.3 Å². The minimum absolute atomic E-state index is 0.00944. The number of pyridine rings is 1. The van der Waals surface area contributed by atoms with Crippen LogP contribution in [0.2, 0.25) is 25.7 Å². The number of carboxylic acid groups (broad SMARTS) is 1. The van der Waals surface area contributed by atoms with E-state index in [9.17, 15) is 9.59 Å². The first-order valence-corrected chi connectivity index (χ1v) is 17.2. The van der Waals surface area contributed by atoms with Crippen molar-refractivity contribution in [3.05, 3.63) is 48.7 Å². The Morgan fingerprint density at radius 2 is 1.84 bits per heavy atom. The lowest BCUT2D eigenvalue weighted by Crippen LogP contribution is -2.39. The summed E-state index contributed by atoms with van der Waals surface area (Å²) in [7, 11) is -1.20. The third-order valence-corrected chi connectivity index (χ3v) is 9.25. The van der Waals surface area contributed by atoms with E-state index >= 15 is 0 Å². The number of hydrogen-bond acceptors (Lipinski definition) is 4. The van der Waals surface area contributed by atoms with Gasteiger partial charge in [0, 0.05) is 38.2 Å². The van der Waals surface area contributed by atoms with Crippen molar-refractivity contribution in [3.8, 4) is 11.3 Å². The van der Waals surface area contributed by atoms with Gasteiger partial charge in [0.2, 0.25) is 5.91 Å². The Labute approximate surface area is 225 Å². The number of aromatic nitrogens is 2. The van der Waals surface area contributed by atoms with Gasteiger partial charge in [0.15, 0.2) is 0 Å². The second-order valence-corrected chi connectivity index (χ2v) is 17.2. The number of benzene rings is 1. The van der Waals surface area contributed by atoms with Crippen molar-refractivity contribution >= 4 is 36.8 Å². The quantitative estimate of drug-likeness (QED) is 0.205. The van der Waals surface area contributed by atoms with E-state index in [-0.39, 0.29) is 23.8 Å². The predicted molar refractivity (Wildman–Crippen MR) is 154 cm³/mol. The monoisotopic (exact) mass is 536 g/mol. The van der Waals surface area contributed by atoms with Gasteiger partial charge >= 0.3 is 6.09 Å². The molecule has 204 valence electrons. The third kappa shape index (κ3) is 7.02. The smallest absolute Gasteiger partial charge is 0.404 e. The van der Waals surface area contributed by atoms with Gasteiger partial charge in [-0.2, -0.15) is 0 Å². The van der Waals surface area contributed by atoms with Crippen molar-refractivity contribution in [2.45, 2.75) is 71.1 Å². The van der Waals surface area contributed by atoms with E-state index in [4.69, 9.17) is 9.84 Å². The highest BCUT2D eigenvalue weighted by Crippen LogP contribution is 2.34. The zero-order valence-electron chi connectivity index (χ0n) is 22.9. The summed E-state index contributed by atoms with van der Waals surface area (Å²) in [5.41, 5.74) is 3.61. The number of carbonyl (C=O) groups is 2. The molecule has 2 aromatic heterocycles. The Bertz CT molecular complexity index is 1250. The summed E-state index contributed by atoms with van der Waals surface area (Å²) in [6, 6.07) is 15.1. The van der Waals surface area contributed by atoms with Crippen molar-refractivity contribution in [1.29, 1.82) is 0 Å². The minimum Gasteiger partial charge on any atom is -0.465 e. The molecular weight excluding hydrogens is 496 g/mol. The molecule has 1 saturated carbocycles. The maximum Gasteiger partial charge on any atom is 0.404 e. The number of carbonyl (C=O) groups excluding carboxylic acids is 1. The van der Waals surface area contributed by atoms with Crippen molar-refractivity contribution in [2.75, 3.05) is 11.9 Å². The predicted octanol–water partition coefficient (Wildman–Crippen LogP) is 6.42. The number of ether oxygens (including phenoxy) is 1. The first-order valence-electron chi connectivity index (χ1n) is 13.5. The Balaban J connectivity index is 1.52. The minimum atomic E-state index is -1.20. The molecule has 38 heavy (non-hydrogen) atoms. The van der Waals surface area contributed by atoms with Gasteiger partial charge in [-0.25, -0.2) is 9.78 Å². The van der Waals surface area contributed by atoms with Gasteiger partial charge in [-0.1, -0.05) is 50.0 Å². The van der Waals surface area contributed by atoms with Crippen LogP contribution in [0.15, 0.2) is 48.7 Å². The van der Waals surface area contributed by atoms with Crippen LogP contribution in [0, 0.1) is 11.8 Å². The van der Waals surface area contributed by atoms with Crippen molar-refractivity contribution in [1.82, 2.24) is 14.9 Å². The molecule has 4 rings (SSSR count). The maximum atomic E-state index is 13.3. The second kappa shape index (κ2) is 12.1. The molecule has 0 bridgehead atoms. The van der Waals surface area contributed by atoms with Crippen LogP contribution in [0.3, 0.4) is 0 Å². The normalized spacial score (nSPS) is 18.7. The molecule has 0 aliphatic heterocycles. The summed E-state index contributed by atoms with van der Waals surface area (Å²) in [5, 5.41) is 15.6. The van der Waals surface area contributed by atoms with Gasteiger partial charge in [0.05, 0.1) is 11.4 Å². The average Bonchev–Trinajstić information content (AvgIpc) is 3.26. The lowest BCUT2D eigenvalue weighted by molar-refractivity contribution is -0.121. The summed E-state index contributed by atoms with van der Waals surface area (Å²) < 4.78 is 8.21. The number of nitrogens with one attached hydrogen (secondary N) is 2. The molecule has 3 N–H and O–H groups in total. The number of hydrogen-bond donors (Lipinski definition) is 3. The van der Waals surface area contributed by atoms with E-state index in [1.807, 2.05) is 31.2 Å². The Hall–Kier alpha value is -3.17. The lowest BCUT2D eigenvalue weighted by Gasteiger charge is -2.31. The van der Waals surface area contributed by atoms with Gasteiger partial charge in [-0.15, -0.1) is 0 Å². The lowest BCUT2D eigenvalue weighted by atomic mass is 9.78. The summed E-state index contributed by atoms with van der Waals surface area (Å²) >= 11 is 0. The van der Waals surface area contributed by atoms with Gasteiger partial charge in [-0.3, -0.25) is 4.79 Å². The molecular formula is C29H40N4O4Si. The molecule has 0 unspecified atom stereocenters. The van der Waals surface area contributed by atoms with Crippen LogP contribution in [-0.4, -0.2) is 47.4 Å². The zero-order valence-corrected chi connectivity index (χ0v) is 23.9. The molecule has 8 nitrogen and oxygen atoms in total. The van der Waals surface area contributed by atoms with Crippen LogP contribution >= 0.6 is 0 Å². The fourth-order valence-electron chi connectivity index (χ4n) is 5.20. The van der Waals surface area contributed by atoms with E-state index < -0.39 is 14.2 Å². The molecule has 1 aromatic carbocycles. The standard InChI is InChI=1S/C29H40N4O4Si/c1-20(31-29(35)36)21-10-12-23(13-11-21)28(34)32-25-14-15-30-27-24(25)18-26(22-8-6-5-7-9-22)33(27)19-37-16-17-38(2,3)4/h5-9,14-15,18,20-21,23,31H,10-13,16-17,19H2,1-4H3,(H,35,36)(H,30,32,34)/t20-,21?,23?/m1/s1. The van der Waals surface area contributed by atoms with Crippen LogP contribution in [0.4, 0.5) is 10.5 Å². The molecule has 1 aliphatic rings. The van der Waals surface area contributed by atoms with Crippen molar-refractivity contribution < 1.29 is 19.4 Å². The number of rotatable bonds is 10. The van der Waals surface area contributed by atoms with Gasteiger partial charge in [-0.05, 0) is 62.3 Å². The van der Waals surface area contributed by atoms with Crippen molar-refractivity contribution in [3.63, 3.8) is 0 Å². The number of nitrogens with zero attached hydrogens (tertiary/aromatic N) is 2. The molecule has 1 atom stereocenters. The molecule has 0 spiro atoms. The SMILES string of the molecule is C[C@@H](NC(=O)O)C1CCC(C(=O)Nc2ccnc3c2cc(-c2ccccc2)n3COCC[Si](C)(C)C)CC1. The Kier molecular flexibility index (Phi) is 8.89. The third-order valence-electron chi connectivity index (χ3n) is 7.54. The summed E-state index contributed by atoms with van der Waals surface area (Å²) in [6.07, 6.45) is 3.89. The molecule has 1 aliphatic carbocycles. The fourth-order valence-corrected chi connectivity index (χ4v) is 5.96. The Morgan fingerprint density at radius 3 is 2.50 bits per heavy atom. The first kappa shape index (κ1) is 27.9. The van der Waals surface area contributed by atoms with Crippen LogP contribution in [-0.2, 0) is 16.3 Å². The second-order valence-electron chi connectivity index (χ2n) is 11.6. The fraction of sp³-hybridized carbons (Fsp3) is 0.483. The van der Waals surface area contributed by atoms with Crippen molar-refractivity contribution in [2.24, 2.45) is 11.8 Å². The van der Waals surface area contributed by atoms with Gasteiger partial charge < -0.3 is 25.0 Å². The van der Waals surface area contributed by atoms with Crippen LogP contribution in [0.1, 0.15) is 32.6 Å². The van der Waals surface area contributed by atoms with E-state index in [1.165, 1.54) is 0 Å². The van der Waals surface area contributed by atoms with Gasteiger partial charge in [0.1, 0.15) is 12.4 Å². The van der Waals surface area contributed by atoms with Crippen LogP contribution in [0.5, 0.6) is 0 Å². The highest BCUT2D eigenvalue weighted by Gasteiger charge is 2.30. The highest BCUT2D eigenvalue weighted by molar-refractivity contribution is 6.76.